The van der Waals surface area contributed by atoms with E-state index in [-0.39, 0.29) is 18.2 Å². The third-order valence-corrected chi connectivity index (χ3v) is 6.86. The minimum Gasteiger partial charge on any atom is -0.474 e. The quantitative estimate of drug-likeness (QED) is 0.332. The number of nitrogens with one attached hydrogen (secondary N) is 1. The second kappa shape index (κ2) is 9.75. The lowest BCUT2D eigenvalue weighted by Crippen LogP contribution is -2.35. The molecule has 0 atom stereocenters. The fraction of sp³-hybridized carbons (Fsp3) is 0.296. The Bertz CT molecular complexity index is 1690. The number of allylic oxidation sites excluding steroid dienone is 1. The van der Waals surface area contributed by atoms with E-state index >= 15 is 0 Å². The Morgan fingerprint density at radius 2 is 1.97 bits per heavy atom. The third-order valence-electron chi connectivity index (χ3n) is 6.86. The van der Waals surface area contributed by atoms with Crippen LogP contribution in [0.5, 0.6) is 5.88 Å². The molecule has 5 aromatic rings. The van der Waals surface area contributed by atoms with Gasteiger partial charge in [0.15, 0.2) is 11.5 Å². The number of anilines is 2. The second-order valence-corrected chi connectivity index (χ2v) is 9.54. The summed E-state index contributed by atoms with van der Waals surface area (Å²) in [6.45, 7) is 6.10. The summed E-state index contributed by atoms with van der Waals surface area (Å²) in [7, 11) is 4.01. The van der Waals surface area contributed by atoms with Crippen molar-refractivity contribution < 1.29 is 4.74 Å². The molecule has 4 aromatic heterocycles. The molecule has 0 saturated carbocycles. The van der Waals surface area contributed by atoms with Crippen molar-refractivity contribution in [3.63, 3.8) is 0 Å². The lowest BCUT2D eigenvalue weighted by molar-refractivity contribution is 0.110. The van der Waals surface area contributed by atoms with Crippen LogP contribution in [0.25, 0.3) is 27.8 Å². The highest BCUT2D eigenvalue weighted by molar-refractivity contribution is 5.83. The summed E-state index contributed by atoms with van der Waals surface area (Å²) in [5.41, 5.74) is 2.02. The normalized spacial score (nSPS) is 14.8. The zero-order valence-electron chi connectivity index (χ0n) is 21.4. The van der Waals surface area contributed by atoms with Gasteiger partial charge in [-0.1, -0.05) is 12.1 Å². The molecule has 11 heteroatoms. The Morgan fingerprint density at radius 1 is 1.13 bits per heavy atom. The fourth-order valence-electron chi connectivity index (χ4n) is 4.82. The van der Waals surface area contributed by atoms with Gasteiger partial charge in [0.2, 0.25) is 11.8 Å². The number of benzene rings is 1. The van der Waals surface area contributed by atoms with Crippen molar-refractivity contribution in [1.82, 2.24) is 39.0 Å². The van der Waals surface area contributed by atoms with E-state index in [1.165, 1.54) is 0 Å². The number of nitrogens with zero attached hydrogens (tertiary/aromatic N) is 8. The van der Waals surface area contributed by atoms with Gasteiger partial charge < -0.3 is 15.0 Å². The van der Waals surface area contributed by atoms with Crippen LogP contribution >= 0.6 is 0 Å². The van der Waals surface area contributed by atoms with Gasteiger partial charge in [-0.05, 0) is 44.2 Å². The number of ether oxygens (including phenoxy) is 1. The largest absolute Gasteiger partial charge is 0.474 e. The monoisotopic (exact) mass is 511 g/mol. The van der Waals surface area contributed by atoms with Crippen LogP contribution in [0.1, 0.15) is 12.8 Å². The van der Waals surface area contributed by atoms with Gasteiger partial charge in [0.25, 0.3) is 5.56 Å². The van der Waals surface area contributed by atoms with E-state index in [1.807, 2.05) is 54.3 Å². The van der Waals surface area contributed by atoms with E-state index < -0.39 is 0 Å². The van der Waals surface area contributed by atoms with E-state index in [4.69, 9.17) is 14.7 Å². The number of likely N-dealkylation sites (tertiary alicyclic amines) is 1. The van der Waals surface area contributed by atoms with E-state index in [0.29, 0.717) is 28.7 Å². The first-order chi connectivity index (χ1) is 18.5. The van der Waals surface area contributed by atoms with Crippen LogP contribution in [0.4, 0.5) is 11.6 Å². The number of hydrogen-bond donors (Lipinski definition) is 1. The highest BCUT2D eigenvalue weighted by atomic mass is 16.5. The molecule has 1 fully saturated rings. The van der Waals surface area contributed by atoms with Gasteiger partial charge in [0.1, 0.15) is 11.5 Å². The molecule has 1 aliphatic heterocycles. The summed E-state index contributed by atoms with van der Waals surface area (Å²) < 4.78 is 11.3. The topological polar surface area (TPSA) is 108 Å². The van der Waals surface area contributed by atoms with Crippen LogP contribution in [0.2, 0.25) is 0 Å². The van der Waals surface area contributed by atoms with Gasteiger partial charge in [0.05, 0.1) is 18.3 Å². The number of aryl methyl sites for hydroxylation is 1. The molecule has 1 saturated heterocycles. The Hall–Kier alpha value is -4.51. The predicted octanol–water partition coefficient (Wildman–Crippen LogP) is 3.27. The average molecular weight is 512 g/mol. The molecule has 0 spiro atoms. The van der Waals surface area contributed by atoms with E-state index in [0.717, 1.165) is 42.5 Å². The summed E-state index contributed by atoms with van der Waals surface area (Å²) in [5, 5.41) is 8.98. The van der Waals surface area contributed by atoms with Crippen LogP contribution < -0.4 is 15.6 Å². The van der Waals surface area contributed by atoms with E-state index in [2.05, 4.69) is 33.9 Å². The Labute approximate surface area is 219 Å². The number of pyridine rings is 1. The number of hydrogen-bond acceptors (Lipinski definition) is 8. The van der Waals surface area contributed by atoms with Gasteiger partial charge >= 0.3 is 0 Å². The Kier molecular flexibility index (Phi) is 6.12. The lowest BCUT2D eigenvalue weighted by Gasteiger charge is -2.29. The number of fused-ring (bicyclic) bond motifs is 2. The van der Waals surface area contributed by atoms with Crippen LogP contribution in [-0.4, -0.2) is 65.2 Å². The molecule has 0 bridgehead atoms. The first kappa shape index (κ1) is 23.9. The van der Waals surface area contributed by atoms with E-state index in [1.54, 1.807) is 21.6 Å². The summed E-state index contributed by atoms with van der Waals surface area (Å²) >= 11 is 0. The predicted molar refractivity (Wildman–Crippen MR) is 146 cm³/mol. The second-order valence-electron chi connectivity index (χ2n) is 9.54. The van der Waals surface area contributed by atoms with Crippen molar-refractivity contribution in [1.29, 1.82) is 0 Å². The summed E-state index contributed by atoms with van der Waals surface area (Å²) in [5.74, 6) is 1.42. The van der Waals surface area contributed by atoms with Crippen molar-refractivity contribution in [2.45, 2.75) is 25.5 Å². The standard InChI is InChI=1S/C27H29N9O2/c1-4-12-35-26(37)21-17-28-27(30-19-9-8-18-16-29-34(3)22(18)15-19)32-25(21)36(35)23-6-5-7-24(31-23)38-20-10-13-33(2)14-11-20/h4-9,15-17,20H,1,10-14H2,2-3H3,(H,28,30,32). The maximum absolute atomic E-state index is 13.3. The molecule has 6 rings (SSSR count). The molecular formula is C27H29N9O2. The summed E-state index contributed by atoms with van der Waals surface area (Å²) in [6, 6.07) is 11.5. The molecule has 0 amide bonds. The van der Waals surface area contributed by atoms with Crippen molar-refractivity contribution >= 4 is 33.6 Å². The lowest BCUT2D eigenvalue weighted by atomic mass is 10.1. The molecule has 38 heavy (non-hydrogen) atoms. The molecule has 0 radical (unpaired) electrons. The van der Waals surface area contributed by atoms with E-state index in [9.17, 15) is 4.79 Å². The fourth-order valence-corrected chi connectivity index (χ4v) is 4.82. The van der Waals surface area contributed by atoms with Crippen LogP contribution in [0.3, 0.4) is 0 Å². The maximum atomic E-state index is 13.3. The van der Waals surface area contributed by atoms with Crippen molar-refractivity contribution in [3.05, 3.63) is 71.8 Å². The van der Waals surface area contributed by atoms with Gasteiger partial charge in [-0.2, -0.15) is 15.1 Å². The van der Waals surface area contributed by atoms with Crippen LogP contribution in [-0.2, 0) is 13.6 Å². The number of aromatic nitrogens is 7. The van der Waals surface area contributed by atoms with Crippen LogP contribution in [0, 0.1) is 0 Å². The highest BCUT2D eigenvalue weighted by Crippen LogP contribution is 2.23. The molecule has 1 N–H and O–H groups in total. The minimum absolute atomic E-state index is 0.112. The van der Waals surface area contributed by atoms with Crippen molar-refractivity contribution in [2.24, 2.45) is 7.05 Å². The summed E-state index contributed by atoms with van der Waals surface area (Å²) in [4.78, 5) is 29.5. The molecular weight excluding hydrogens is 482 g/mol. The van der Waals surface area contributed by atoms with Gasteiger partial charge in [0, 0.05) is 43.5 Å². The molecule has 0 unspecified atom stereocenters. The minimum atomic E-state index is -0.216. The molecule has 11 nitrogen and oxygen atoms in total. The SMILES string of the molecule is C=CCn1c(=O)c2cnc(Nc3ccc4cnn(C)c4c3)nc2n1-c1cccc(OC2CCN(C)CC2)n1. The maximum Gasteiger partial charge on any atom is 0.278 e. The molecule has 194 valence electrons. The number of rotatable bonds is 7. The zero-order valence-corrected chi connectivity index (χ0v) is 21.4. The number of piperidine rings is 1. The van der Waals surface area contributed by atoms with Crippen molar-refractivity contribution in [3.8, 4) is 11.7 Å². The van der Waals surface area contributed by atoms with Gasteiger partial charge in [-0.25, -0.2) is 14.3 Å². The first-order valence-electron chi connectivity index (χ1n) is 12.6. The molecule has 0 aliphatic carbocycles. The third kappa shape index (κ3) is 4.41. The first-order valence-corrected chi connectivity index (χ1v) is 12.6. The Morgan fingerprint density at radius 3 is 2.79 bits per heavy atom. The van der Waals surface area contributed by atoms with Gasteiger partial charge in [-0.15, -0.1) is 6.58 Å². The van der Waals surface area contributed by atoms with Gasteiger partial charge in [-0.3, -0.25) is 9.48 Å². The molecule has 5 heterocycles. The average Bonchev–Trinajstić information content (AvgIpc) is 3.42. The molecule has 1 aliphatic rings. The van der Waals surface area contributed by atoms with Crippen LogP contribution in [0.15, 0.2) is 66.2 Å². The van der Waals surface area contributed by atoms with Crippen molar-refractivity contribution in [2.75, 3.05) is 25.5 Å². The smallest absolute Gasteiger partial charge is 0.278 e. The highest BCUT2D eigenvalue weighted by Gasteiger charge is 2.21. The molecule has 1 aromatic carbocycles. The summed E-state index contributed by atoms with van der Waals surface area (Å²) in [6.07, 6.45) is 7.04. The zero-order chi connectivity index (χ0) is 26.2. The Balaban J connectivity index is 1.38.